The lowest BCUT2D eigenvalue weighted by Crippen LogP contribution is -2.32. The first-order valence-corrected chi connectivity index (χ1v) is 11.4. The number of methoxy groups -OCH3 is 1. The Kier molecular flexibility index (Phi) is 7.24. The largest absolute Gasteiger partial charge is 0.497 e. The molecule has 0 aliphatic carbocycles. The molecule has 1 amide bonds. The average Bonchev–Trinajstić information content (AvgIpc) is 3.11. The van der Waals surface area contributed by atoms with Crippen LogP contribution in [0.15, 0.2) is 89.1 Å². The molecule has 162 valence electrons. The van der Waals surface area contributed by atoms with E-state index in [1.165, 1.54) is 11.8 Å². The van der Waals surface area contributed by atoms with E-state index in [1.807, 2.05) is 78.9 Å². The molecule has 32 heavy (non-hydrogen) atoms. The summed E-state index contributed by atoms with van der Waals surface area (Å²) in [6, 6.07) is 25.0. The van der Waals surface area contributed by atoms with Crippen LogP contribution in [-0.2, 0) is 17.8 Å². The fourth-order valence-electron chi connectivity index (χ4n) is 3.30. The van der Waals surface area contributed by atoms with Gasteiger partial charge in [0.15, 0.2) is 5.17 Å². The molecule has 0 spiro atoms. The van der Waals surface area contributed by atoms with E-state index in [2.05, 4.69) is 10.2 Å². The molecular formula is C25H22ClN3O2S. The zero-order valence-corrected chi connectivity index (χ0v) is 19.1. The lowest BCUT2D eigenvalue weighted by atomic mass is 10.1. The summed E-state index contributed by atoms with van der Waals surface area (Å²) < 4.78 is 5.18. The van der Waals surface area contributed by atoms with Gasteiger partial charge in [0.05, 0.1) is 25.1 Å². The number of amides is 1. The van der Waals surface area contributed by atoms with Crippen molar-refractivity contribution in [3.8, 4) is 5.75 Å². The highest BCUT2D eigenvalue weighted by molar-refractivity contribution is 8.15. The molecule has 1 aliphatic heterocycles. The predicted octanol–water partition coefficient (Wildman–Crippen LogP) is 5.43. The minimum Gasteiger partial charge on any atom is -0.497 e. The molecule has 0 radical (unpaired) electrons. The molecular weight excluding hydrogens is 442 g/mol. The molecule has 3 aromatic rings. The van der Waals surface area contributed by atoms with E-state index in [0.29, 0.717) is 23.2 Å². The number of halogens is 1. The van der Waals surface area contributed by atoms with Crippen LogP contribution in [0.5, 0.6) is 5.75 Å². The standard InChI is InChI=1S/C25H22ClN3O2S/c1-31-22-13-9-19(10-14-22)16-27-28-25-29(17-20-5-3-2-4-6-20)24(30)23(32-25)15-18-7-11-21(26)12-8-18/h2-14,16,23H,15,17H2,1H3/b27-16-,28-25-/t23-/m0/s1. The fourth-order valence-corrected chi connectivity index (χ4v) is 4.56. The maximum atomic E-state index is 13.2. The lowest BCUT2D eigenvalue weighted by Gasteiger charge is -2.16. The molecule has 1 saturated heterocycles. The van der Waals surface area contributed by atoms with Gasteiger partial charge in [-0.1, -0.05) is 65.8 Å². The van der Waals surface area contributed by atoms with E-state index in [9.17, 15) is 4.79 Å². The Morgan fingerprint density at radius 1 is 1.00 bits per heavy atom. The van der Waals surface area contributed by atoms with E-state index in [0.717, 1.165) is 22.4 Å². The third-order valence-electron chi connectivity index (χ3n) is 5.00. The molecule has 0 saturated carbocycles. The zero-order valence-electron chi connectivity index (χ0n) is 17.5. The summed E-state index contributed by atoms with van der Waals surface area (Å²) in [5, 5.41) is 9.67. The highest BCUT2D eigenvalue weighted by atomic mass is 35.5. The van der Waals surface area contributed by atoms with Crippen molar-refractivity contribution in [1.29, 1.82) is 0 Å². The van der Waals surface area contributed by atoms with Gasteiger partial charge in [-0.05, 0) is 59.5 Å². The Morgan fingerprint density at radius 2 is 1.72 bits per heavy atom. The first-order chi connectivity index (χ1) is 15.6. The monoisotopic (exact) mass is 463 g/mol. The third kappa shape index (κ3) is 5.58. The van der Waals surface area contributed by atoms with Gasteiger partial charge in [-0.3, -0.25) is 9.69 Å². The van der Waals surface area contributed by atoms with Gasteiger partial charge >= 0.3 is 0 Å². The Morgan fingerprint density at radius 3 is 2.41 bits per heavy atom. The smallest absolute Gasteiger partial charge is 0.242 e. The normalized spacial score (nSPS) is 17.4. The van der Waals surface area contributed by atoms with Crippen LogP contribution in [-0.4, -0.2) is 34.5 Å². The third-order valence-corrected chi connectivity index (χ3v) is 6.42. The molecule has 0 unspecified atom stereocenters. The Balaban J connectivity index is 1.54. The summed E-state index contributed by atoms with van der Waals surface area (Å²) in [4.78, 5) is 14.9. The van der Waals surface area contributed by atoms with Gasteiger partial charge in [-0.2, -0.15) is 5.10 Å². The number of hydrogen-bond donors (Lipinski definition) is 0. The van der Waals surface area contributed by atoms with Crippen LogP contribution in [0.3, 0.4) is 0 Å². The van der Waals surface area contributed by atoms with Crippen molar-refractivity contribution < 1.29 is 9.53 Å². The molecule has 1 heterocycles. The van der Waals surface area contributed by atoms with Crippen molar-refractivity contribution in [2.75, 3.05) is 7.11 Å². The van der Waals surface area contributed by atoms with Gasteiger partial charge in [0, 0.05) is 5.02 Å². The first-order valence-electron chi connectivity index (χ1n) is 10.1. The molecule has 1 fully saturated rings. The molecule has 0 N–H and O–H groups in total. The summed E-state index contributed by atoms with van der Waals surface area (Å²) in [5.74, 6) is 0.816. The van der Waals surface area contributed by atoms with Crippen molar-refractivity contribution in [2.45, 2.75) is 18.2 Å². The number of amidine groups is 1. The van der Waals surface area contributed by atoms with Crippen LogP contribution >= 0.6 is 23.4 Å². The van der Waals surface area contributed by atoms with E-state index < -0.39 is 0 Å². The first kappa shape index (κ1) is 22.1. The summed E-state index contributed by atoms with van der Waals surface area (Å²) in [6.45, 7) is 0.459. The van der Waals surface area contributed by atoms with Gasteiger partial charge in [-0.25, -0.2) is 0 Å². The number of ether oxygens (including phenoxy) is 1. The maximum Gasteiger partial charge on any atom is 0.242 e. The minimum atomic E-state index is -0.255. The SMILES string of the molecule is COc1ccc(/C=N\N=C2/S[C@@H](Cc3ccc(Cl)cc3)C(=O)N2Cc2ccccc2)cc1. The van der Waals surface area contributed by atoms with E-state index in [1.54, 1.807) is 18.2 Å². The minimum absolute atomic E-state index is 0.0344. The molecule has 7 heteroatoms. The quantitative estimate of drug-likeness (QED) is 0.347. The van der Waals surface area contributed by atoms with Crippen molar-refractivity contribution in [3.05, 3.63) is 101 Å². The van der Waals surface area contributed by atoms with E-state index >= 15 is 0 Å². The summed E-state index contributed by atoms with van der Waals surface area (Å²) >= 11 is 7.44. The summed E-state index contributed by atoms with van der Waals surface area (Å²) in [5.41, 5.74) is 3.00. The molecule has 4 rings (SSSR count). The lowest BCUT2D eigenvalue weighted by molar-refractivity contribution is -0.126. The van der Waals surface area contributed by atoms with Gasteiger partial charge in [0.1, 0.15) is 5.75 Å². The zero-order chi connectivity index (χ0) is 22.3. The topological polar surface area (TPSA) is 54.3 Å². The van der Waals surface area contributed by atoms with Crippen LogP contribution in [0.1, 0.15) is 16.7 Å². The van der Waals surface area contributed by atoms with Crippen molar-refractivity contribution in [3.63, 3.8) is 0 Å². The van der Waals surface area contributed by atoms with Crippen molar-refractivity contribution >= 4 is 40.7 Å². The Hall–Kier alpha value is -3.09. The second kappa shape index (κ2) is 10.5. The van der Waals surface area contributed by atoms with Gasteiger partial charge < -0.3 is 4.74 Å². The molecule has 3 aromatic carbocycles. The number of nitrogens with zero attached hydrogens (tertiary/aromatic N) is 3. The van der Waals surface area contributed by atoms with Crippen LogP contribution in [0, 0.1) is 0 Å². The molecule has 5 nitrogen and oxygen atoms in total. The van der Waals surface area contributed by atoms with Gasteiger partial charge in [0.2, 0.25) is 5.91 Å². The second-order valence-corrected chi connectivity index (χ2v) is 8.85. The number of carbonyl (C=O) groups excluding carboxylic acids is 1. The highest BCUT2D eigenvalue weighted by Gasteiger charge is 2.38. The number of benzene rings is 3. The Labute approximate surface area is 196 Å². The highest BCUT2D eigenvalue weighted by Crippen LogP contribution is 2.31. The van der Waals surface area contributed by atoms with Crippen LogP contribution in [0.2, 0.25) is 5.02 Å². The molecule has 0 aromatic heterocycles. The Bertz CT molecular complexity index is 1120. The van der Waals surface area contributed by atoms with Crippen LogP contribution in [0.4, 0.5) is 0 Å². The van der Waals surface area contributed by atoms with Gasteiger partial charge in [-0.15, -0.1) is 5.10 Å². The maximum absolute atomic E-state index is 13.2. The van der Waals surface area contributed by atoms with Gasteiger partial charge in [0.25, 0.3) is 0 Å². The fraction of sp³-hybridized carbons (Fsp3) is 0.160. The summed E-state index contributed by atoms with van der Waals surface area (Å²) in [6.07, 6.45) is 2.28. The van der Waals surface area contributed by atoms with Crippen molar-refractivity contribution in [2.24, 2.45) is 10.2 Å². The van der Waals surface area contributed by atoms with Crippen LogP contribution < -0.4 is 4.74 Å². The number of hydrogen-bond acceptors (Lipinski definition) is 5. The predicted molar refractivity (Wildman–Crippen MR) is 132 cm³/mol. The van der Waals surface area contributed by atoms with Crippen LogP contribution in [0.25, 0.3) is 0 Å². The molecule has 1 aliphatic rings. The average molecular weight is 464 g/mol. The second-order valence-electron chi connectivity index (χ2n) is 7.25. The van der Waals surface area contributed by atoms with E-state index in [4.69, 9.17) is 16.3 Å². The molecule has 1 atom stereocenters. The molecule has 0 bridgehead atoms. The summed E-state index contributed by atoms with van der Waals surface area (Å²) in [7, 11) is 1.63. The number of rotatable bonds is 7. The van der Waals surface area contributed by atoms with E-state index in [-0.39, 0.29) is 11.2 Å². The van der Waals surface area contributed by atoms with Crippen molar-refractivity contribution in [1.82, 2.24) is 4.90 Å². The number of carbonyl (C=O) groups is 1. The number of thioether (sulfide) groups is 1.